The monoisotopic (exact) mass is 678 g/mol. The average Bonchev–Trinajstić information content (AvgIpc) is 3.27. The zero-order valence-electron chi connectivity index (χ0n) is 25.7. The Balaban J connectivity index is -0.000000265. The molecule has 0 radical (unpaired) electrons. The summed E-state index contributed by atoms with van der Waals surface area (Å²) in [6.07, 6.45) is 3.03. The Bertz CT molecular complexity index is 767. The van der Waals surface area contributed by atoms with Crippen LogP contribution in [0.1, 0.15) is 61.8 Å². The fourth-order valence-corrected chi connectivity index (χ4v) is 3.11. The first-order chi connectivity index (χ1) is 18.1. The van der Waals surface area contributed by atoms with E-state index in [0.29, 0.717) is 31.1 Å². The Kier molecular flexibility index (Phi) is 27.3. The van der Waals surface area contributed by atoms with E-state index >= 15 is 0 Å². The van der Waals surface area contributed by atoms with Crippen molar-refractivity contribution in [3.8, 4) is 0 Å². The summed E-state index contributed by atoms with van der Waals surface area (Å²) in [5.74, 6) is 0. The molecule has 3 aliphatic rings. The normalized spacial score (nSPS) is 20.2. The molecule has 3 saturated heterocycles. The molecule has 0 aliphatic carbocycles. The van der Waals surface area contributed by atoms with Crippen LogP contribution < -0.4 is 17.0 Å². The quantitative estimate of drug-likeness (QED) is 0.185. The van der Waals surface area contributed by atoms with Crippen molar-refractivity contribution in [3.63, 3.8) is 0 Å². The maximum Gasteiger partial charge on any atom is 2.00 e. The summed E-state index contributed by atoms with van der Waals surface area (Å²) < 4.78 is 26.2. The van der Waals surface area contributed by atoms with Crippen molar-refractivity contribution >= 4 is 35.2 Å². The second kappa shape index (κ2) is 24.1. The van der Waals surface area contributed by atoms with Gasteiger partial charge in [-0.05, 0) is 54.4 Å². The van der Waals surface area contributed by atoms with E-state index in [4.69, 9.17) is 23.7 Å². The molecule has 3 aliphatic heterocycles. The van der Waals surface area contributed by atoms with Crippen LogP contribution in [-0.4, -0.2) is 138 Å². The standard InChI is InChI=1S/C12H21NO4.C9H17N2O4.C4H8O.C2H3.CH4.BrH.Mg/c1-5-12(15)8-13(6-7-16-9-12)10(14)17-11(2,3)4;1-9(2,3)15-8(12)10-4-5-14-7-11(13)6-10;1-2-4-5-3-1;1-2;;;/h5,15H,1,6-9H2,2-4H3;4-7H2,1-3H3;1-4H2;1H,2H2;1H4;1H;/q;+1;;-1;;;+2/p-1. The minimum atomic E-state index is -1.20. The molecule has 0 aromatic carbocycles. The molecule has 0 bridgehead atoms. The topological polar surface area (TPSA) is 127 Å². The van der Waals surface area contributed by atoms with E-state index in [2.05, 4.69) is 19.7 Å². The molecule has 12 nitrogen and oxygen atoms in total. The molecule has 0 aromatic rings. The van der Waals surface area contributed by atoms with Crippen molar-refractivity contribution < 1.29 is 60.1 Å². The van der Waals surface area contributed by atoms with Crippen molar-refractivity contribution in [2.75, 3.05) is 66.1 Å². The Hall–Kier alpha value is -1.29. The molecular formula is C28H53BrMgN3O9+. The summed E-state index contributed by atoms with van der Waals surface area (Å²) in [5, 5.41) is 10.1. The number of hydrogen-bond donors (Lipinski definition) is 1. The molecule has 0 spiro atoms. The second-order valence-electron chi connectivity index (χ2n) is 11.0. The molecular weight excluding hydrogens is 627 g/mol. The van der Waals surface area contributed by atoms with Gasteiger partial charge in [0.15, 0.2) is 0 Å². The van der Waals surface area contributed by atoms with Gasteiger partial charge in [-0.25, -0.2) is 14.5 Å². The Labute approximate surface area is 279 Å². The minimum absolute atomic E-state index is 0. The van der Waals surface area contributed by atoms with Crippen molar-refractivity contribution in [2.24, 2.45) is 0 Å². The van der Waals surface area contributed by atoms with Crippen LogP contribution in [0, 0.1) is 11.5 Å². The summed E-state index contributed by atoms with van der Waals surface area (Å²) >= 11 is 0. The molecule has 3 heterocycles. The van der Waals surface area contributed by atoms with E-state index in [1.165, 1.54) is 28.7 Å². The number of nitroso groups, excluding NO2 is 1. The van der Waals surface area contributed by atoms with E-state index in [9.17, 15) is 19.6 Å². The summed E-state index contributed by atoms with van der Waals surface area (Å²) in [5.41, 5.74) is -2.29. The van der Waals surface area contributed by atoms with Crippen LogP contribution in [0.3, 0.4) is 0 Å². The number of amides is 2. The summed E-state index contributed by atoms with van der Waals surface area (Å²) in [4.78, 5) is 37.4. The molecule has 1 unspecified atom stereocenters. The number of aliphatic hydroxyl groups is 1. The fourth-order valence-electron chi connectivity index (χ4n) is 3.11. The van der Waals surface area contributed by atoms with Gasteiger partial charge < -0.3 is 57.3 Å². The van der Waals surface area contributed by atoms with Crippen LogP contribution in [0.25, 0.3) is 0 Å². The molecule has 0 saturated carbocycles. The smallest absolute Gasteiger partial charge is 1.00 e. The van der Waals surface area contributed by atoms with Crippen LogP contribution in [0.15, 0.2) is 19.2 Å². The van der Waals surface area contributed by atoms with Crippen molar-refractivity contribution in [3.05, 3.63) is 30.7 Å². The summed E-state index contributed by atoms with van der Waals surface area (Å²) in [7, 11) is 0. The Morgan fingerprint density at radius 3 is 1.79 bits per heavy atom. The number of carbonyl (C=O) groups is 2. The first kappa shape index (κ1) is 47.6. The number of halogens is 1. The van der Waals surface area contributed by atoms with Crippen molar-refractivity contribution in [2.45, 2.75) is 78.6 Å². The largest absolute Gasteiger partial charge is 2.00 e. The average molecular weight is 680 g/mol. The van der Waals surface area contributed by atoms with E-state index in [0.717, 1.165) is 13.2 Å². The number of β-amino-alcohol motifs (C(OH)–C–C–N with tert-alkyl or cyclic N) is 1. The van der Waals surface area contributed by atoms with Gasteiger partial charge in [0.25, 0.3) is 13.4 Å². The van der Waals surface area contributed by atoms with Gasteiger partial charge in [-0.3, -0.25) is 6.58 Å². The van der Waals surface area contributed by atoms with Gasteiger partial charge in [0.1, 0.15) is 16.8 Å². The van der Waals surface area contributed by atoms with E-state index in [1.807, 2.05) is 0 Å². The predicted octanol–water partition coefficient (Wildman–Crippen LogP) is 0.780. The Morgan fingerprint density at radius 1 is 0.905 bits per heavy atom. The van der Waals surface area contributed by atoms with Gasteiger partial charge >= 0.3 is 35.2 Å². The van der Waals surface area contributed by atoms with Gasteiger partial charge in [0.05, 0.1) is 32.9 Å². The molecule has 3 rings (SSSR count). The third-order valence-corrected chi connectivity index (χ3v) is 4.90. The molecule has 1 N–H and O–H groups in total. The number of hydrogen-bond acceptors (Lipinski definition) is 9. The third kappa shape index (κ3) is 23.2. The third-order valence-electron chi connectivity index (χ3n) is 4.90. The first-order valence-electron chi connectivity index (χ1n) is 13.0. The summed E-state index contributed by atoms with van der Waals surface area (Å²) in [6.45, 7) is 25.1. The first-order valence-corrected chi connectivity index (χ1v) is 13.0. The predicted molar refractivity (Wildman–Crippen MR) is 158 cm³/mol. The van der Waals surface area contributed by atoms with Gasteiger partial charge in [0.2, 0.25) is 0 Å². The summed E-state index contributed by atoms with van der Waals surface area (Å²) in [6, 6.07) is 0. The van der Waals surface area contributed by atoms with E-state index < -0.39 is 29.0 Å². The number of ether oxygens (including phenoxy) is 5. The van der Waals surface area contributed by atoms with Gasteiger partial charge in [-0.1, -0.05) is 13.5 Å². The molecule has 242 valence electrons. The van der Waals surface area contributed by atoms with E-state index in [1.54, 1.807) is 41.5 Å². The fraction of sp³-hybridized carbons (Fsp3) is 0.786. The van der Waals surface area contributed by atoms with Crippen LogP contribution in [0.5, 0.6) is 0 Å². The number of nitrogens with zero attached hydrogens (tertiary/aromatic N) is 3. The molecule has 2 amide bonds. The second-order valence-corrected chi connectivity index (χ2v) is 11.0. The minimum Gasteiger partial charge on any atom is -1.00 e. The van der Waals surface area contributed by atoms with Crippen LogP contribution in [-0.2, 0) is 23.7 Å². The maximum absolute atomic E-state index is 11.9. The van der Waals surface area contributed by atoms with Crippen LogP contribution >= 0.6 is 0 Å². The maximum atomic E-state index is 11.9. The van der Waals surface area contributed by atoms with Gasteiger partial charge in [-0.2, -0.15) is 0 Å². The Morgan fingerprint density at radius 2 is 1.36 bits per heavy atom. The van der Waals surface area contributed by atoms with Crippen LogP contribution in [0.2, 0.25) is 0 Å². The molecule has 14 heteroatoms. The number of carbonyl (C=O) groups excluding carboxylic acids is 2. The SMILES string of the molecule is C.C1CCOC1.C=CC1(O)COCCN(C(=O)OC(C)(C)C)C1.CC(C)(C)OC(=O)N1CCOC[N+](=O)C1.[Br-].[CH-]=C.[Mg+2]. The molecule has 3 fully saturated rings. The number of rotatable bonds is 1. The molecule has 42 heavy (non-hydrogen) atoms. The van der Waals surface area contributed by atoms with Gasteiger partial charge in [0, 0.05) is 29.4 Å². The van der Waals surface area contributed by atoms with Crippen LogP contribution in [0.4, 0.5) is 9.59 Å². The zero-order valence-corrected chi connectivity index (χ0v) is 28.7. The van der Waals surface area contributed by atoms with Crippen molar-refractivity contribution in [1.29, 1.82) is 0 Å². The molecule has 0 aromatic heterocycles. The van der Waals surface area contributed by atoms with Crippen molar-refractivity contribution in [1.82, 2.24) is 9.80 Å². The van der Waals surface area contributed by atoms with Gasteiger partial charge in [-0.15, -0.1) is 6.58 Å². The van der Waals surface area contributed by atoms with E-state index in [-0.39, 0.29) is 74.0 Å². The zero-order chi connectivity index (χ0) is 30.1. The molecule has 1 atom stereocenters.